The number of carbonyl (C=O) groups is 1. The fourth-order valence-corrected chi connectivity index (χ4v) is 3.02. The van der Waals surface area contributed by atoms with Gasteiger partial charge in [0.05, 0.1) is 0 Å². The quantitative estimate of drug-likeness (QED) is 0.684. The Morgan fingerprint density at radius 1 is 1.62 bits per heavy atom. The lowest BCUT2D eigenvalue weighted by Crippen LogP contribution is -2.33. The molecular formula is C9H16N2OS. The molecule has 2 unspecified atom stereocenters. The van der Waals surface area contributed by atoms with Gasteiger partial charge in [0.15, 0.2) is 0 Å². The SMILES string of the molecule is O=C1CC(CNC2CCSC2)CN1. The zero-order chi connectivity index (χ0) is 9.10. The van der Waals surface area contributed by atoms with Crippen LogP contribution in [0.25, 0.3) is 0 Å². The van der Waals surface area contributed by atoms with Gasteiger partial charge in [0.2, 0.25) is 5.91 Å². The Hall–Kier alpha value is -0.220. The first-order valence-electron chi connectivity index (χ1n) is 4.92. The average molecular weight is 200 g/mol. The van der Waals surface area contributed by atoms with E-state index in [0.717, 1.165) is 13.1 Å². The molecule has 4 heteroatoms. The monoisotopic (exact) mass is 200 g/mol. The van der Waals surface area contributed by atoms with E-state index >= 15 is 0 Å². The minimum Gasteiger partial charge on any atom is -0.356 e. The van der Waals surface area contributed by atoms with Crippen molar-refractivity contribution in [1.29, 1.82) is 0 Å². The van der Waals surface area contributed by atoms with Crippen LogP contribution in [0, 0.1) is 5.92 Å². The lowest BCUT2D eigenvalue weighted by atomic mass is 10.1. The highest BCUT2D eigenvalue weighted by atomic mass is 32.2. The van der Waals surface area contributed by atoms with Crippen molar-refractivity contribution in [2.24, 2.45) is 5.92 Å². The van der Waals surface area contributed by atoms with Gasteiger partial charge in [-0.3, -0.25) is 4.79 Å². The number of rotatable bonds is 3. The van der Waals surface area contributed by atoms with Gasteiger partial charge in [-0.1, -0.05) is 0 Å². The molecule has 2 N–H and O–H groups in total. The van der Waals surface area contributed by atoms with Crippen LogP contribution < -0.4 is 10.6 Å². The Balaban J connectivity index is 1.64. The number of nitrogens with one attached hydrogen (secondary N) is 2. The number of hydrogen-bond acceptors (Lipinski definition) is 3. The summed E-state index contributed by atoms with van der Waals surface area (Å²) in [5.41, 5.74) is 0. The second-order valence-electron chi connectivity index (χ2n) is 3.84. The molecule has 2 heterocycles. The molecule has 3 nitrogen and oxygen atoms in total. The van der Waals surface area contributed by atoms with E-state index in [1.54, 1.807) is 0 Å². The molecule has 74 valence electrons. The fraction of sp³-hybridized carbons (Fsp3) is 0.889. The first-order valence-corrected chi connectivity index (χ1v) is 6.08. The molecule has 2 saturated heterocycles. The van der Waals surface area contributed by atoms with Crippen LogP contribution in [0.1, 0.15) is 12.8 Å². The Morgan fingerprint density at radius 3 is 3.15 bits per heavy atom. The van der Waals surface area contributed by atoms with E-state index in [2.05, 4.69) is 10.6 Å². The van der Waals surface area contributed by atoms with E-state index in [0.29, 0.717) is 18.4 Å². The summed E-state index contributed by atoms with van der Waals surface area (Å²) in [6, 6.07) is 0.695. The summed E-state index contributed by atoms with van der Waals surface area (Å²) in [6.07, 6.45) is 2.01. The van der Waals surface area contributed by atoms with Crippen LogP contribution in [0.15, 0.2) is 0 Å². The fourth-order valence-electron chi connectivity index (χ4n) is 1.84. The Kier molecular flexibility index (Phi) is 3.11. The zero-order valence-electron chi connectivity index (χ0n) is 7.71. The van der Waals surface area contributed by atoms with Crippen molar-refractivity contribution >= 4 is 17.7 Å². The van der Waals surface area contributed by atoms with Crippen LogP contribution in [-0.2, 0) is 4.79 Å². The van der Waals surface area contributed by atoms with E-state index in [1.165, 1.54) is 17.9 Å². The van der Waals surface area contributed by atoms with E-state index < -0.39 is 0 Å². The average Bonchev–Trinajstić information content (AvgIpc) is 2.71. The van der Waals surface area contributed by atoms with Crippen molar-refractivity contribution in [3.8, 4) is 0 Å². The molecule has 0 radical (unpaired) electrons. The second-order valence-corrected chi connectivity index (χ2v) is 4.99. The molecule has 2 fully saturated rings. The van der Waals surface area contributed by atoms with Crippen molar-refractivity contribution in [3.63, 3.8) is 0 Å². The predicted molar refractivity (Wildman–Crippen MR) is 54.8 cm³/mol. The van der Waals surface area contributed by atoms with Gasteiger partial charge in [0.25, 0.3) is 0 Å². The van der Waals surface area contributed by atoms with Crippen molar-refractivity contribution in [3.05, 3.63) is 0 Å². The summed E-state index contributed by atoms with van der Waals surface area (Å²) >= 11 is 2.02. The summed E-state index contributed by atoms with van der Waals surface area (Å²) in [4.78, 5) is 10.9. The Labute approximate surface area is 83.0 Å². The van der Waals surface area contributed by atoms with Crippen LogP contribution in [0.5, 0.6) is 0 Å². The van der Waals surface area contributed by atoms with E-state index in [4.69, 9.17) is 0 Å². The molecule has 0 bridgehead atoms. The standard InChI is InChI=1S/C9H16N2OS/c12-9-3-7(5-11-9)4-10-8-1-2-13-6-8/h7-8,10H,1-6H2,(H,11,12). The van der Waals surface area contributed by atoms with Gasteiger partial charge < -0.3 is 10.6 Å². The third-order valence-electron chi connectivity index (χ3n) is 2.69. The van der Waals surface area contributed by atoms with Crippen molar-refractivity contribution in [2.45, 2.75) is 18.9 Å². The summed E-state index contributed by atoms with van der Waals surface area (Å²) in [7, 11) is 0. The van der Waals surface area contributed by atoms with E-state index in [-0.39, 0.29) is 5.91 Å². The molecular weight excluding hydrogens is 184 g/mol. The maximum absolute atomic E-state index is 10.9. The molecule has 1 amide bonds. The lowest BCUT2D eigenvalue weighted by Gasteiger charge is -2.13. The normalized spacial score (nSPS) is 33.7. The molecule has 0 aromatic carbocycles. The third kappa shape index (κ3) is 2.61. The van der Waals surface area contributed by atoms with Crippen molar-refractivity contribution < 1.29 is 4.79 Å². The highest BCUT2D eigenvalue weighted by Gasteiger charge is 2.23. The first-order chi connectivity index (χ1) is 6.34. The molecule has 13 heavy (non-hydrogen) atoms. The van der Waals surface area contributed by atoms with Crippen LogP contribution in [0.3, 0.4) is 0 Å². The van der Waals surface area contributed by atoms with Crippen LogP contribution in [-0.4, -0.2) is 36.5 Å². The highest BCUT2D eigenvalue weighted by molar-refractivity contribution is 7.99. The predicted octanol–water partition coefficient (Wildman–Crippen LogP) is 0.218. The minimum absolute atomic E-state index is 0.215. The van der Waals surface area contributed by atoms with E-state index in [9.17, 15) is 4.79 Å². The molecule has 0 aromatic rings. The molecule has 0 aromatic heterocycles. The van der Waals surface area contributed by atoms with Gasteiger partial charge >= 0.3 is 0 Å². The van der Waals surface area contributed by atoms with Gasteiger partial charge in [-0.05, 0) is 18.1 Å². The topological polar surface area (TPSA) is 41.1 Å². The largest absolute Gasteiger partial charge is 0.356 e. The first kappa shape index (κ1) is 9.34. The molecule has 2 aliphatic heterocycles. The number of amides is 1. The smallest absolute Gasteiger partial charge is 0.220 e. The van der Waals surface area contributed by atoms with Crippen LogP contribution in [0.2, 0.25) is 0 Å². The number of thioether (sulfide) groups is 1. The van der Waals surface area contributed by atoms with Crippen LogP contribution in [0.4, 0.5) is 0 Å². The molecule has 0 saturated carbocycles. The third-order valence-corrected chi connectivity index (χ3v) is 3.85. The highest BCUT2D eigenvalue weighted by Crippen LogP contribution is 2.17. The van der Waals surface area contributed by atoms with Gasteiger partial charge in [-0.15, -0.1) is 0 Å². The molecule has 2 aliphatic rings. The summed E-state index contributed by atoms with van der Waals surface area (Å²) in [5, 5.41) is 6.39. The van der Waals surface area contributed by atoms with Gasteiger partial charge in [0.1, 0.15) is 0 Å². The molecule has 0 spiro atoms. The van der Waals surface area contributed by atoms with Gasteiger partial charge in [-0.2, -0.15) is 11.8 Å². The maximum Gasteiger partial charge on any atom is 0.220 e. The number of carbonyl (C=O) groups excluding carboxylic acids is 1. The minimum atomic E-state index is 0.215. The molecule has 0 aliphatic carbocycles. The summed E-state index contributed by atoms with van der Waals surface area (Å²) in [5.74, 6) is 3.28. The Bertz CT molecular complexity index is 192. The molecule has 2 atom stereocenters. The van der Waals surface area contributed by atoms with Gasteiger partial charge in [-0.25, -0.2) is 0 Å². The van der Waals surface area contributed by atoms with Gasteiger partial charge in [0, 0.05) is 31.3 Å². The number of hydrogen-bond donors (Lipinski definition) is 2. The molecule has 2 rings (SSSR count). The summed E-state index contributed by atoms with van der Waals surface area (Å²) < 4.78 is 0. The summed E-state index contributed by atoms with van der Waals surface area (Å²) in [6.45, 7) is 1.87. The zero-order valence-corrected chi connectivity index (χ0v) is 8.53. The Morgan fingerprint density at radius 2 is 2.54 bits per heavy atom. The van der Waals surface area contributed by atoms with Crippen molar-refractivity contribution in [2.75, 3.05) is 24.6 Å². The van der Waals surface area contributed by atoms with Crippen molar-refractivity contribution in [1.82, 2.24) is 10.6 Å². The second kappa shape index (κ2) is 4.33. The maximum atomic E-state index is 10.9. The lowest BCUT2D eigenvalue weighted by molar-refractivity contribution is -0.119. The van der Waals surface area contributed by atoms with E-state index in [1.807, 2.05) is 11.8 Å². The van der Waals surface area contributed by atoms with Crippen LogP contribution >= 0.6 is 11.8 Å².